The largest absolute Gasteiger partial charge is 0.462 e. The minimum absolute atomic E-state index is 0. The molecule has 1 atom stereocenters. The second-order valence-corrected chi connectivity index (χ2v) is 5.59. The Morgan fingerprint density at radius 3 is 3.00 bits per heavy atom. The number of nitrogens with zero attached hydrogens (tertiary/aromatic N) is 2. The lowest BCUT2D eigenvalue weighted by Gasteiger charge is -2.33. The van der Waals surface area contributed by atoms with Crippen molar-refractivity contribution in [3.8, 4) is 10.8 Å². The van der Waals surface area contributed by atoms with Crippen LogP contribution in [-0.2, 0) is 0 Å². The Morgan fingerprint density at radius 1 is 1.52 bits per heavy atom. The summed E-state index contributed by atoms with van der Waals surface area (Å²) in [5.41, 5.74) is 0. The van der Waals surface area contributed by atoms with E-state index in [4.69, 9.17) is 4.42 Å². The number of hydrogen-bond donors (Lipinski definition) is 1. The Bertz CT molecular complexity index is 574. The lowest BCUT2D eigenvalue weighted by atomic mass is 10.2. The van der Waals surface area contributed by atoms with Gasteiger partial charge in [-0.15, -0.1) is 36.2 Å². The Balaban J connectivity index is 0.00000110. The average Bonchev–Trinajstić information content (AvgIpc) is 3.09. The van der Waals surface area contributed by atoms with Gasteiger partial charge < -0.3 is 14.6 Å². The molecule has 8 heteroatoms. The van der Waals surface area contributed by atoms with Gasteiger partial charge in [0.05, 0.1) is 12.5 Å². The molecule has 3 heterocycles. The topological polar surface area (TPSA) is 58.4 Å². The third-order valence-electron chi connectivity index (χ3n) is 3.21. The van der Waals surface area contributed by atoms with Gasteiger partial charge in [0.15, 0.2) is 10.8 Å². The molecular weight excluding hydrogens is 333 g/mol. The standard InChI is InChI=1S/C13H15N3O2S.2ClH/c1-9-7-14-4-5-16(9)13(17)11-8-15-12(19-11)10-3-2-6-18-10;;/h2-3,6,8-9,14H,4-5,7H2,1H3;2*1H/t9-;;/m0../s1. The number of aromatic nitrogens is 1. The third-order valence-corrected chi connectivity index (χ3v) is 4.21. The SMILES string of the molecule is C[C@H]1CNCCN1C(=O)c1cnc(-c2ccco2)s1.Cl.Cl. The Hall–Kier alpha value is -1.08. The fraction of sp³-hybridized carbons (Fsp3) is 0.385. The highest BCUT2D eigenvalue weighted by Crippen LogP contribution is 2.26. The number of rotatable bonds is 2. The zero-order valence-corrected chi connectivity index (χ0v) is 13.9. The van der Waals surface area contributed by atoms with Gasteiger partial charge in [0.2, 0.25) is 0 Å². The molecule has 0 saturated carbocycles. The number of carbonyl (C=O) groups excluding carboxylic acids is 1. The van der Waals surface area contributed by atoms with E-state index in [-0.39, 0.29) is 36.8 Å². The van der Waals surface area contributed by atoms with Crippen molar-refractivity contribution in [1.82, 2.24) is 15.2 Å². The third kappa shape index (κ3) is 3.77. The van der Waals surface area contributed by atoms with Crippen molar-refractivity contribution in [1.29, 1.82) is 0 Å². The van der Waals surface area contributed by atoms with Crippen molar-refractivity contribution in [2.75, 3.05) is 19.6 Å². The highest BCUT2D eigenvalue weighted by atomic mass is 35.5. The first-order valence-corrected chi connectivity index (χ1v) is 7.09. The van der Waals surface area contributed by atoms with E-state index in [1.807, 2.05) is 17.0 Å². The molecule has 5 nitrogen and oxygen atoms in total. The predicted molar refractivity (Wildman–Crippen MR) is 87.7 cm³/mol. The first-order valence-electron chi connectivity index (χ1n) is 6.27. The highest BCUT2D eigenvalue weighted by molar-refractivity contribution is 7.16. The van der Waals surface area contributed by atoms with Crippen LogP contribution in [0.25, 0.3) is 10.8 Å². The van der Waals surface area contributed by atoms with Gasteiger partial charge in [-0.05, 0) is 19.1 Å². The number of carbonyl (C=O) groups is 1. The number of piperazine rings is 1. The molecule has 0 radical (unpaired) electrons. The van der Waals surface area contributed by atoms with Gasteiger partial charge in [0.1, 0.15) is 4.88 Å². The molecule has 3 rings (SSSR count). The minimum atomic E-state index is 0. The zero-order valence-electron chi connectivity index (χ0n) is 11.4. The van der Waals surface area contributed by atoms with E-state index >= 15 is 0 Å². The van der Waals surface area contributed by atoms with E-state index in [9.17, 15) is 4.79 Å². The summed E-state index contributed by atoms with van der Waals surface area (Å²) in [5, 5.41) is 4.02. The average molecular weight is 350 g/mol. The van der Waals surface area contributed by atoms with Crippen molar-refractivity contribution >= 4 is 42.1 Å². The van der Waals surface area contributed by atoms with E-state index in [0.29, 0.717) is 10.6 Å². The molecule has 1 N–H and O–H groups in total. The predicted octanol–water partition coefficient (Wildman–Crippen LogP) is 2.68. The molecule has 2 aromatic heterocycles. The van der Waals surface area contributed by atoms with E-state index in [2.05, 4.69) is 17.2 Å². The fourth-order valence-corrected chi connectivity index (χ4v) is 3.01. The number of amides is 1. The van der Waals surface area contributed by atoms with Crippen molar-refractivity contribution in [3.05, 3.63) is 29.5 Å². The number of nitrogens with one attached hydrogen (secondary N) is 1. The van der Waals surface area contributed by atoms with Crippen LogP contribution in [0, 0.1) is 0 Å². The number of thiazole rings is 1. The van der Waals surface area contributed by atoms with E-state index in [0.717, 1.165) is 24.6 Å². The summed E-state index contributed by atoms with van der Waals surface area (Å²) in [7, 11) is 0. The lowest BCUT2D eigenvalue weighted by Crippen LogP contribution is -2.52. The van der Waals surface area contributed by atoms with Crippen molar-refractivity contribution < 1.29 is 9.21 Å². The number of halogens is 2. The molecular formula is C13H17Cl2N3O2S. The maximum Gasteiger partial charge on any atom is 0.265 e. The first-order chi connectivity index (χ1) is 9.25. The molecule has 0 spiro atoms. The van der Waals surface area contributed by atoms with Crippen LogP contribution in [0.2, 0.25) is 0 Å². The second-order valence-electron chi connectivity index (χ2n) is 4.56. The van der Waals surface area contributed by atoms with Crippen molar-refractivity contribution in [2.24, 2.45) is 0 Å². The van der Waals surface area contributed by atoms with E-state index in [1.165, 1.54) is 11.3 Å². The number of hydrogen-bond acceptors (Lipinski definition) is 5. The van der Waals surface area contributed by atoms with Crippen molar-refractivity contribution in [2.45, 2.75) is 13.0 Å². The zero-order chi connectivity index (χ0) is 13.2. The van der Waals surface area contributed by atoms with Crippen LogP contribution in [0.5, 0.6) is 0 Å². The van der Waals surface area contributed by atoms with Crippen LogP contribution in [-0.4, -0.2) is 41.5 Å². The molecule has 0 unspecified atom stereocenters. The van der Waals surface area contributed by atoms with Crippen LogP contribution < -0.4 is 5.32 Å². The Morgan fingerprint density at radius 2 is 2.33 bits per heavy atom. The molecule has 1 aliphatic rings. The van der Waals surface area contributed by atoms with Gasteiger partial charge in [-0.25, -0.2) is 4.98 Å². The normalized spacial score (nSPS) is 17.8. The monoisotopic (exact) mass is 349 g/mol. The van der Waals surface area contributed by atoms with Gasteiger partial charge in [-0.3, -0.25) is 4.79 Å². The molecule has 21 heavy (non-hydrogen) atoms. The molecule has 1 saturated heterocycles. The maximum atomic E-state index is 12.4. The van der Waals surface area contributed by atoms with Gasteiger partial charge in [-0.1, -0.05) is 0 Å². The van der Waals surface area contributed by atoms with Crippen LogP contribution in [0.15, 0.2) is 29.0 Å². The highest BCUT2D eigenvalue weighted by Gasteiger charge is 2.25. The lowest BCUT2D eigenvalue weighted by molar-refractivity contribution is 0.0660. The molecule has 1 aliphatic heterocycles. The van der Waals surface area contributed by atoms with Crippen molar-refractivity contribution in [3.63, 3.8) is 0 Å². The molecule has 2 aromatic rings. The molecule has 0 aliphatic carbocycles. The van der Waals surface area contributed by atoms with Crippen LogP contribution in [0.4, 0.5) is 0 Å². The van der Waals surface area contributed by atoms with Gasteiger partial charge in [0, 0.05) is 25.7 Å². The summed E-state index contributed by atoms with van der Waals surface area (Å²) in [5.74, 6) is 0.765. The van der Waals surface area contributed by atoms with Gasteiger partial charge >= 0.3 is 0 Å². The molecule has 1 fully saturated rings. The summed E-state index contributed by atoms with van der Waals surface area (Å²) in [4.78, 5) is 19.3. The summed E-state index contributed by atoms with van der Waals surface area (Å²) >= 11 is 1.38. The molecule has 1 amide bonds. The van der Waals surface area contributed by atoms with E-state index < -0.39 is 0 Å². The summed E-state index contributed by atoms with van der Waals surface area (Å²) in [6.07, 6.45) is 3.25. The maximum absolute atomic E-state index is 12.4. The quantitative estimate of drug-likeness (QED) is 0.905. The van der Waals surface area contributed by atoms with Gasteiger partial charge in [0.25, 0.3) is 5.91 Å². The molecule has 0 aromatic carbocycles. The molecule has 116 valence electrons. The summed E-state index contributed by atoms with van der Waals surface area (Å²) < 4.78 is 5.29. The van der Waals surface area contributed by atoms with Crippen LogP contribution in [0.3, 0.4) is 0 Å². The summed E-state index contributed by atoms with van der Waals surface area (Å²) in [6.45, 7) is 4.49. The Labute approximate surface area is 139 Å². The molecule has 0 bridgehead atoms. The number of furan rings is 1. The second kappa shape index (κ2) is 7.79. The smallest absolute Gasteiger partial charge is 0.265 e. The minimum Gasteiger partial charge on any atom is -0.462 e. The first kappa shape index (κ1) is 18.0. The fourth-order valence-electron chi connectivity index (χ4n) is 2.17. The van der Waals surface area contributed by atoms with Gasteiger partial charge in [-0.2, -0.15) is 0 Å². The van der Waals surface area contributed by atoms with Crippen LogP contribution >= 0.6 is 36.2 Å². The van der Waals surface area contributed by atoms with E-state index in [1.54, 1.807) is 12.5 Å². The van der Waals surface area contributed by atoms with Crippen LogP contribution in [0.1, 0.15) is 16.6 Å². The Kier molecular flexibility index (Phi) is 6.67. The summed E-state index contributed by atoms with van der Waals surface area (Å²) in [6, 6.07) is 3.88.